The molecule has 150 valence electrons. The predicted octanol–water partition coefficient (Wildman–Crippen LogP) is 4.32. The first-order valence-corrected chi connectivity index (χ1v) is 9.35. The van der Waals surface area contributed by atoms with Gasteiger partial charge in [0.1, 0.15) is 5.75 Å². The molecule has 0 unspecified atom stereocenters. The van der Waals surface area contributed by atoms with E-state index in [1.54, 1.807) is 19.1 Å². The van der Waals surface area contributed by atoms with Crippen molar-refractivity contribution in [3.05, 3.63) is 65.4 Å². The van der Waals surface area contributed by atoms with Crippen LogP contribution in [0.5, 0.6) is 5.75 Å². The summed E-state index contributed by atoms with van der Waals surface area (Å²) in [5, 5.41) is 3.48. The third-order valence-electron chi connectivity index (χ3n) is 4.80. The topological polar surface area (TPSA) is 69.6 Å². The monoisotopic (exact) mass is 392 g/mol. The van der Waals surface area contributed by atoms with Gasteiger partial charge in [0.05, 0.1) is 30.5 Å². The van der Waals surface area contributed by atoms with Gasteiger partial charge < -0.3 is 19.4 Å². The molecule has 0 aliphatic rings. The zero-order chi connectivity index (χ0) is 21.0. The highest BCUT2D eigenvalue weighted by Crippen LogP contribution is 2.38. The molecule has 0 saturated carbocycles. The summed E-state index contributed by atoms with van der Waals surface area (Å²) >= 11 is 0. The average molecular weight is 392 g/mol. The molecule has 0 aliphatic heterocycles. The molecule has 1 N–H and O–H groups in total. The molecule has 2 aromatic carbocycles. The predicted molar refractivity (Wildman–Crippen MR) is 114 cm³/mol. The number of carbonyl (C=O) groups excluding carboxylic acids is 2. The van der Waals surface area contributed by atoms with Crippen LogP contribution in [0.3, 0.4) is 0 Å². The number of carbonyl (C=O) groups is 2. The number of aromatic nitrogens is 1. The lowest BCUT2D eigenvalue weighted by Crippen LogP contribution is -2.11. The molecule has 3 rings (SSSR count). The molecule has 29 heavy (non-hydrogen) atoms. The molecule has 1 aromatic heterocycles. The summed E-state index contributed by atoms with van der Waals surface area (Å²) in [5.41, 5.74) is 3.33. The quantitative estimate of drug-likeness (QED) is 0.501. The molecule has 3 aromatic rings. The minimum atomic E-state index is -0.431. The Hall–Kier alpha value is -3.54. The third kappa shape index (κ3) is 4.01. The van der Waals surface area contributed by atoms with Gasteiger partial charge in [-0.1, -0.05) is 30.3 Å². The normalized spacial score (nSPS) is 11.0. The number of nitrogens with one attached hydrogen (secondary N) is 1. The number of hydrogen-bond acceptors (Lipinski definition) is 4. The maximum absolute atomic E-state index is 12.6. The number of esters is 1. The SMILES string of the molecule is CCOC(=O)c1c(C)n(C)c2ccc(OC)c(NC(=O)/C=C/c3ccccc3)c12. The van der Waals surface area contributed by atoms with Crippen LogP contribution in [-0.2, 0) is 16.6 Å². The molecule has 6 nitrogen and oxygen atoms in total. The van der Waals surface area contributed by atoms with Crippen molar-refractivity contribution in [3.63, 3.8) is 0 Å². The molecule has 0 saturated heterocycles. The van der Waals surface area contributed by atoms with E-state index in [2.05, 4.69) is 5.32 Å². The molecule has 0 aliphatic carbocycles. The fourth-order valence-electron chi connectivity index (χ4n) is 3.28. The van der Waals surface area contributed by atoms with E-state index in [0.717, 1.165) is 16.8 Å². The first kappa shape index (κ1) is 20.2. The van der Waals surface area contributed by atoms with Crippen molar-refractivity contribution in [2.24, 2.45) is 7.05 Å². The van der Waals surface area contributed by atoms with E-state index in [9.17, 15) is 9.59 Å². The number of ether oxygens (including phenoxy) is 2. The Kier molecular flexibility index (Phi) is 6.02. The van der Waals surface area contributed by atoms with Crippen LogP contribution in [0.15, 0.2) is 48.5 Å². The maximum atomic E-state index is 12.6. The number of anilines is 1. The highest BCUT2D eigenvalue weighted by Gasteiger charge is 2.24. The zero-order valence-electron chi connectivity index (χ0n) is 17.0. The van der Waals surface area contributed by atoms with E-state index in [-0.39, 0.29) is 12.5 Å². The summed E-state index contributed by atoms with van der Waals surface area (Å²) in [6, 6.07) is 13.2. The number of nitrogens with zero attached hydrogens (tertiary/aromatic N) is 1. The van der Waals surface area contributed by atoms with Crippen LogP contribution in [0.4, 0.5) is 5.69 Å². The lowest BCUT2D eigenvalue weighted by atomic mass is 10.1. The van der Waals surface area contributed by atoms with Crippen molar-refractivity contribution in [1.29, 1.82) is 0 Å². The maximum Gasteiger partial charge on any atom is 0.340 e. The van der Waals surface area contributed by atoms with Crippen LogP contribution in [0.2, 0.25) is 0 Å². The number of amides is 1. The van der Waals surface area contributed by atoms with Crippen LogP contribution >= 0.6 is 0 Å². The smallest absolute Gasteiger partial charge is 0.340 e. The summed E-state index contributed by atoms with van der Waals surface area (Å²) < 4.78 is 12.6. The standard InChI is InChI=1S/C23H24N2O4/c1-5-29-23(27)20-15(2)25(3)17-12-13-18(28-4)22(21(17)20)24-19(26)14-11-16-9-7-6-8-10-16/h6-14H,5H2,1-4H3,(H,24,26)/b14-11+. The summed E-state index contributed by atoms with van der Waals surface area (Å²) in [4.78, 5) is 25.3. The number of hydrogen-bond donors (Lipinski definition) is 1. The number of methoxy groups -OCH3 is 1. The zero-order valence-corrected chi connectivity index (χ0v) is 17.0. The number of benzene rings is 2. The van der Waals surface area contributed by atoms with E-state index >= 15 is 0 Å². The summed E-state index contributed by atoms with van der Waals surface area (Å²) in [6.45, 7) is 3.87. The van der Waals surface area contributed by atoms with E-state index in [4.69, 9.17) is 9.47 Å². The first-order chi connectivity index (χ1) is 14.0. The molecule has 0 radical (unpaired) electrons. The van der Waals surface area contributed by atoms with Crippen molar-refractivity contribution in [2.45, 2.75) is 13.8 Å². The Morgan fingerprint density at radius 2 is 1.86 bits per heavy atom. The molecule has 0 fully saturated rings. The number of aryl methyl sites for hydroxylation is 1. The minimum Gasteiger partial charge on any atom is -0.495 e. The Bertz CT molecular complexity index is 1080. The lowest BCUT2D eigenvalue weighted by Gasteiger charge is -2.12. The van der Waals surface area contributed by atoms with Gasteiger partial charge in [0, 0.05) is 24.2 Å². The Morgan fingerprint density at radius 1 is 1.14 bits per heavy atom. The second kappa shape index (κ2) is 8.65. The minimum absolute atomic E-state index is 0.264. The van der Waals surface area contributed by atoms with Crippen LogP contribution < -0.4 is 10.1 Å². The third-order valence-corrected chi connectivity index (χ3v) is 4.80. The van der Waals surface area contributed by atoms with Crippen LogP contribution in [0.1, 0.15) is 28.5 Å². The number of rotatable bonds is 6. The summed E-state index contributed by atoms with van der Waals surface area (Å²) in [6.07, 6.45) is 3.18. The Labute approximate surface area is 169 Å². The second-order valence-corrected chi connectivity index (χ2v) is 6.51. The van der Waals surface area contributed by atoms with Gasteiger partial charge in [-0.25, -0.2) is 4.79 Å². The van der Waals surface area contributed by atoms with Crippen LogP contribution in [0.25, 0.3) is 17.0 Å². The van der Waals surface area contributed by atoms with Gasteiger partial charge in [-0.15, -0.1) is 0 Å². The van der Waals surface area contributed by atoms with Gasteiger partial charge in [0.25, 0.3) is 0 Å². The lowest BCUT2D eigenvalue weighted by molar-refractivity contribution is -0.111. The molecule has 0 atom stereocenters. The molecule has 0 spiro atoms. The van der Waals surface area contributed by atoms with Gasteiger partial charge in [-0.3, -0.25) is 4.79 Å². The van der Waals surface area contributed by atoms with Gasteiger partial charge in [-0.2, -0.15) is 0 Å². The van der Waals surface area contributed by atoms with Crippen molar-refractivity contribution < 1.29 is 19.1 Å². The molecular weight excluding hydrogens is 368 g/mol. The van der Waals surface area contributed by atoms with Crippen LogP contribution in [-0.4, -0.2) is 30.2 Å². The highest BCUT2D eigenvalue weighted by atomic mass is 16.5. The molecule has 0 bridgehead atoms. The Balaban J connectivity index is 2.08. The van der Waals surface area contributed by atoms with E-state index < -0.39 is 5.97 Å². The van der Waals surface area contributed by atoms with E-state index in [1.807, 2.05) is 54.9 Å². The molecular formula is C23H24N2O4. The molecule has 6 heteroatoms. The van der Waals surface area contributed by atoms with Crippen LogP contribution in [0, 0.1) is 6.92 Å². The second-order valence-electron chi connectivity index (χ2n) is 6.51. The highest BCUT2D eigenvalue weighted by molar-refractivity contribution is 6.16. The Morgan fingerprint density at radius 3 is 2.52 bits per heavy atom. The fourth-order valence-corrected chi connectivity index (χ4v) is 3.28. The molecule has 1 heterocycles. The summed E-state index contributed by atoms with van der Waals surface area (Å²) in [7, 11) is 3.39. The molecule has 1 amide bonds. The van der Waals surface area contributed by atoms with Gasteiger partial charge >= 0.3 is 5.97 Å². The van der Waals surface area contributed by atoms with Gasteiger partial charge in [0.15, 0.2) is 0 Å². The van der Waals surface area contributed by atoms with Gasteiger partial charge in [0.2, 0.25) is 5.91 Å². The first-order valence-electron chi connectivity index (χ1n) is 9.35. The van der Waals surface area contributed by atoms with Crippen molar-refractivity contribution in [2.75, 3.05) is 19.0 Å². The summed E-state index contributed by atoms with van der Waals surface area (Å²) in [5.74, 6) is -0.287. The fraction of sp³-hybridized carbons (Fsp3) is 0.217. The average Bonchev–Trinajstić information content (AvgIpc) is 2.98. The van der Waals surface area contributed by atoms with E-state index in [1.165, 1.54) is 13.2 Å². The van der Waals surface area contributed by atoms with Gasteiger partial charge in [-0.05, 0) is 37.6 Å². The van der Waals surface area contributed by atoms with E-state index in [0.29, 0.717) is 22.4 Å². The van der Waals surface area contributed by atoms with Crippen molar-refractivity contribution in [1.82, 2.24) is 4.57 Å². The van der Waals surface area contributed by atoms with Crippen molar-refractivity contribution in [3.8, 4) is 5.75 Å². The largest absolute Gasteiger partial charge is 0.495 e. The number of fused-ring (bicyclic) bond motifs is 1. The van der Waals surface area contributed by atoms with Crippen molar-refractivity contribution >= 4 is 34.5 Å².